The Morgan fingerprint density at radius 2 is 1.90 bits per heavy atom. The van der Waals surface area contributed by atoms with Crippen molar-refractivity contribution in [3.8, 4) is 0 Å². The van der Waals surface area contributed by atoms with E-state index in [0.29, 0.717) is 12.2 Å². The number of hydrogen-bond donors (Lipinski definition) is 2. The molecule has 1 aromatic rings. The van der Waals surface area contributed by atoms with Crippen LogP contribution in [-0.2, 0) is 4.79 Å². The van der Waals surface area contributed by atoms with Gasteiger partial charge in [-0.25, -0.2) is 4.39 Å². The molecule has 0 aliphatic heterocycles. The molecule has 0 saturated heterocycles. The molecule has 0 aliphatic rings. The maximum Gasteiger partial charge on any atom is 0.223 e. The minimum atomic E-state index is -0.256. The van der Waals surface area contributed by atoms with E-state index in [9.17, 15) is 9.18 Å². The molecular weight excluding hydrogens is 289 g/mol. The minimum absolute atomic E-state index is 0.000714. The van der Waals surface area contributed by atoms with E-state index in [-0.39, 0.29) is 36.2 Å². The zero-order chi connectivity index (χ0) is 15.8. The molecule has 0 saturated carbocycles. The highest BCUT2D eigenvalue weighted by Crippen LogP contribution is 2.21. The Labute approximate surface area is 130 Å². The van der Waals surface area contributed by atoms with Crippen LogP contribution in [0.3, 0.4) is 0 Å². The third-order valence-electron chi connectivity index (χ3n) is 3.33. The van der Waals surface area contributed by atoms with Gasteiger partial charge in [0.2, 0.25) is 5.91 Å². The zero-order valence-corrected chi connectivity index (χ0v) is 13.6. The van der Waals surface area contributed by atoms with Crippen LogP contribution in [0, 0.1) is 17.7 Å². The molecule has 1 aromatic carbocycles. The fourth-order valence-corrected chi connectivity index (χ4v) is 2.79. The van der Waals surface area contributed by atoms with Crippen LogP contribution in [0.2, 0.25) is 0 Å². The standard InChI is InChI=1S/C16H24FNO2S/c1-11(2)15(8-9-19)18-16(20)12(3)10-21-14-6-4-13(17)5-7-14/h4-7,11-12,15,19H,8-10H2,1-3H3,(H,18,20). The summed E-state index contributed by atoms with van der Waals surface area (Å²) < 4.78 is 12.8. The molecule has 2 atom stereocenters. The quantitative estimate of drug-likeness (QED) is 0.725. The summed E-state index contributed by atoms with van der Waals surface area (Å²) in [5.41, 5.74) is 0. The molecule has 0 aromatic heterocycles. The first-order valence-corrected chi connectivity index (χ1v) is 8.22. The molecule has 2 unspecified atom stereocenters. The normalized spacial score (nSPS) is 14.0. The number of carbonyl (C=O) groups is 1. The van der Waals surface area contributed by atoms with E-state index in [1.165, 1.54) is 23.9 Å². The average molecular weight is 313 g/mol. The van der Waals surface area contributed by atoms with Gasteiger partial charge in [-0.3, -0.25) is 4.79 Å². The van der Waals surface area contributed by atoms with Gasteiger partial charge in [0, 0.05) is 29.2 Å². The van der Waals surface area contributed by atoms with Crippen LogP contribution in [0.4, 0.5) is 4.39 Å². The Balaban J connectivity index is 2.44. The Kier molecular flexibility index (Phi) is 7.75. The number of aliphatic hydroxyl groups is 1. The molecule has 0 bridgehead atoms. The lowest BCUT2D eigenvalue weighted by molar-refractivity contribution is -0.125. The smallest absolute Gasteiger partial charge is 0.223 e. The number of thioether (sulfide) groups is 1. The van der Waals surface area contributed by atoms with Crippen molar-refractivity contribution < 1.29 is 14.3 Å². The van der Waals surface area contributed by atoms with Crippen LogP contribution in [0.5, 0.6) is 0 Å². The van der Waals surface area contributed by atoms with Crippen molar-refractivity contribution in [3.63, 3.8) is 0 Å². The second kappa shape index (κ2) is 9.05. The molecule has 21 heavy (non-hydrogen) atoms. The second-order valence-corrected chi connectivity index (χ2v) is 6.63. The number of aliphatic hydroxyl groups excluding tert-OH is 1. The van der Waals surface area contributed by atoms with E-state index in [1.54, 1.807) is 12.1 Å². The van der Waals surface area contributed by atoms with Gasteiger partial charge in [-0.05, 0) is 36.6 Å². The molecule has 0 aliphatic carbocycles. The van der Waals surface area contributed by atoms with Crippen LogP contribution in [0.15, 0.2) is 29.2 Å². The highest BCUT2D eigenvalue weighted by molar-refractivity contribution is 7.99. The molecule has 2 N–H and O–H groups in total. The molecule has 0 fully saturated rings. The summed E-state index contributed by atoms with van der Waals surface area (Å²) in [5, 5.41) is 12.0. The topological polar surface area (TPSA) is 49.3 Å². The van der Waals surface area contributed by atoms with Crippen molar-refractivity contribution in [2.24, 2.45) is 11.8 Å². The molecule has 1 rings (SSSR count). The van der Waals surface area contributed by atoms with Crippen molar-refractivity contribution in [2.75, 3.05) is 12.4 Å². The second-order valence-electron chi connectivity index (χ2n) is 5.54. The van der Waals surface area contributed by atoms with E-state index >= 15 is 0 Å². The summed E-state index contributed by atoms with van der Waals surface area (Å²) in [4.78, 5) is 13.1. The number of halogens is 1. The summed E-state index contributed by atoms with van der Waals surface area (Å²) in [6.07, 6.45) is 0.571. The Morgan fingerprint density at radius 1 is 1.29 bits per heavy atom. The molecular formula is C16H24FNO2S. The highest BCUT2D eigenvalue weighted by Gasteiger charge is 2.19. The van der Waals surface area contributed by atoms with Gasteiger partial charge < -0.3 is 10.4 Å². The van der Waals surface area contributed by atoms with Crippen molar-refractivity contribution in [3.05, 3.63) is 30.1 Å². The number of rotatable bonds is 8. The monoisotopic (exact) mass is 313 g/mol. The molecule has 3 nitrogen and oxygen atoms in total. The molecule has 118 valence electrons. The predicted molar refractivity (Wildman–Crippen MR) is 84.8 cm³/mol. The molecule has 0 heterocycles. The molecule has 5 heteroatoms. The van der Waals surface area contributed by atoms with Crippen molar-refractivity contribution in [2.45, 2.75) is 38.1 Å². The number of carbonyl (C=O) groups excluding carboxylic acids is 1. The van der Waals surface area contributed by atoms with Gasteiger partial charge in [-0.1, -0.05) is 20.8 Å². The lowest BCUT2D eigenvalue weighted by atomic mass is 10.0. The van der Waals surface area contributed by atoms with E-state index < -0.39 is 0 Å². The molecule has 0 spiro atoms. The lowest BCUT2D eigenvalue weighted by Crippen LogP contribution is -2.42. The number of benzene rings is 1. The minimum Gasteiger partial charge on any atom is -0.396 e. The van der Waals surface area contributed by atoms with Crippen LogP contribution in [0.25, 0.3) is 0 Å². The van der Waals surface area contributed by atoms with E-state index in [0.717, 1.165) is 4.90 Å². The van der Waals surface area contributed by atoms with Crippen LogP contribution in [0.1, 0.15) is 27.2 Å². The first-order valence-electron chi connectivity index (χ1n) is 7.23. The van der Waals surface area contributed by atoms with Gasteiger partial charge in [-0.2, -0.15) is 0 Å². The summed E-state index contributed by atoms with van der Waals surface area (Å²) in [6, 6.07) is 6.27. The Morgan fingerprint density at radius 3 is 2.43 bits per heavy atom. The van der Waals surface area contributed by atoms with E-state index in [1.807, 2.05) is 20.8 Å². The Bertz CT molecular complexity index is 436. The first kappa shape index (κ1) is 18.0. The predicted octanol–water partition coefficient (Wildman–Crippen LogP) is 3.08. The number of nitrogens with one attached hydrogen (secondary N) is 1. The van der Waals surface area contributed by atoms with E-state index in [4.69, 9.17) is 5.11 Å². The summed E-state index contributed by atoms with van der Waals surface area (Å²) in [5.74, 6) is 0.533. The highest BCUT2D eigenvalue weighted by atomic mass is 32.2. The maximum atomic E-state index is 12.8. The first-order chi connectivity index (χ1) is 9.93. The lowest BCUT2D eigenvalue weighted by Gasteiger charge is -2.23. The third-order valence-corrected chi connectivity index (χ3v) is 4.61. The summed E-state index contributed by atoms with van der Waals surface area (Å²) >= 11 is 1.54. The Hall–Kier alpha value is -1.07. The largest absolute Gasteiger partial charge is 0.396 e. The summed E-state index contributed by atoms with van der Waals surface area (Å²) in [6.45, 7) is 6.00. The zero-order valence-electron chi connectivity index (χ0n) is 12.8. The van der Waals surface area contributed by atoms with Crippen LogP contribution >= 0.6 is 11.8 Å². The van der Waals surface area contributed by atoms with Crippen LogP contribution < -0.4 is 5.32 Å². The van der Waals surface area contributed by atoms with Crippen molar-refractivity contribution in [1.82, 2.24) is 5.32 Å². The van der Waals surface area contributed by atoms with Gasteiger partial charge in [0.05, 0.1) is 0 Å². The summed E-state index contributed by atoms with van der Waals surface area (Å²) in [7, 11) is 0. The molecule has 0 radical (unpaired) electrons. The van der Waals surface area contributed by atoms with Crippen molar-refractivity contribution >= 4 is 17.7 Å². The van der Waals surface area contributed by atoms with Gasteiger partial charge >= 0.3 is 0 Å². The fourth-order valence-electron chi connectivity index (χ4n) is 1.86. The van der Waals surface area contributed by atoms with E-state index in [2.05, 4.69) is 5.32 Å². The SMILES string of the molecule is CC(CSc1ccc(F)cc1)C(=O)NC(CCO)C(C)C. The van der Waals surface area contributed by atoms with Crippen molar-refractivity contribution in [1.29, 1.82) is 0 Å². The fraction of sp³-hybridized carbons (Fsp3) is 0.562. The average Bonchev–Trinajstić information content (AvgIpc) is 2.45. The number of hydrogen-bond acceptors (Lipinski definition) is 3. The molecule has 1 amide bonds. The third kappa shape index (κ3) is 6.48. The van der Waals surface area contributed by atoms with Gasteiger partial charge in [-0.15, -0.1) is 11.8 Å². The van der Waals surface area contributed by atoms with Gasteiger partial charge in [0.15, 0.2) is 0 Å². The maximum absolute atomic E-state index is 12.8. The van der Waals surface area contributed by atoms with Gasteiger partial charge in [0.25, 0.3) is 0 Å². The van der Waals surface area contributed by atoms with Crippen LogP contribution in [-0.4, -0.2) is 29.4 Å². The number of amides is 1. The van der Waals surface area contributed by atoms with Gasteiger partial charge in [0.1, 0.15) is 5.82 Å².